The number of benzene rings is 1. The van der Waals surface area contributed by atoms with E-state index in [9.17, 15) is 9.18 Å². The average molecular weight is 304 g/mol. The molecular formula is C14H16Cl2FNO. The van der Waals surface area contributed by atoms with E-state index in [4.69, 9.17) is 23.2 Å². The first-order chi connectivity index (χ1) is 9.08. The molecule has 1 aromatic carbocycles. The van der Waals surface area contributed by atoms with Crippen LogP contribution in [0.3, 0.4) is 0 Å². The van der Waals surface area contributed by atoms with Crippen molar-refractivity contribution in [3.63, 3.8) is 0 Å². The molecule has 0 radical (unpaired) electrons. The number of alkyl halides is 1. The summed E-state index contributed by atoms with van der Waals surface area (Å²) in [5.41, 5.74) is 0.239. The van der Waals surface area contributed by atoms with Crippen molar-refractivity contribution in [3.05, 3.63) is 34.6 Å². The summed E-state index contributed by atoms with van der Waals surface area (Å²) in [5.74, 6) is -0.682. The van der Waals surface area contributed by atoms with Crippen molar-refractivity contribution < 1.29 is 9.18 Å². The van der Waals surface area contributed by atoms with Crippen molar-refractivity contribution in [1.29, 1.82) is 0 Å². The molecule has 0 bridgehead atoms. The number of rotatable bonds is 3. The summed E-state index contributed by atoms with van der Waals surface area (Å²) in [6.07, 6.45) is 3.90. The van der Waals surface area contributed by atoms with E-state index in [1.54, 1.807) is 6.07 Å². The molecule has 0 aliphatic heterocycles. The number of carbonyl (C=O) groups excluding carboxylic acids is 1. The minimum atomic E-state index is -0.450. The smallest absolute Gasteiger partial charge is 0.224 e. The maximum atomic E-state index is 13.6. The highest BCUT2D eigenvalue weighted by atomic mass is 35.5. The monoisotopic (exact) mass is 303 g/mol. The van der Waals surface area contributed by atoms with Crippen LogP contribution in [0.25, 0.3) is 0 Å². The topological polar surface area (TPSA) is 29.1 Å². The van der Waals surface area contributed by atoms with Crippen LogP contribution in [0.15, 0.2) is 18.2 Å². The van der Waals surface area contributed by atoms with Crippen LogP contribution in [-0.4, -0.2) is 17.3 Å². The van der Waals surface area contributed by atoms with E-state index in [0.717, 1.165) is 25.7 Å². The summed E-state index contributed by atoms with van der Waals surface area (Å²) in [5, 5.41) is 3.12. The van der Waals surface area contributed by atoms with E-state index in [-0.39, 0.29) is 34.3 Å². The van der Waals surface area contributed by atoms with Crippen molar-refractivity contribution in [2.75, 3.05) is 0 Å². The van der Waals surface area contributed by atoms with Crippen molar-refractivity contribution in [2.24, 2.45) is 0 Å². The highest BCUT2D eigenvalue weighted by Crippen LogP contribution is 2.24. The van der Waals surface area contributed by atoms with Gasteiger partial charge in [-0.2, -0.15) is 0 Å². The molecule has 1 fully saturated rings. The van der Waals surface area contributed by atoms with Gasteiger partial charge in [0.2, 0.25) is 5.91 Å². The normalized spacial score (nSPS) is 23.1. The fourth-order valence-electron chi connectivity index (χ4n) is 2.37. The highest BCUT2D eigenvalue weighted by molar-refractivity contribution is 6.31. The van der Waals surface area contributed by atoms with Crippen LogP contribution in [0.2, 0.25) is 5.02 Å². The Bertz CT molecular complexity index is 447. The predicted octanol–water partition coefficient (Wildman–Crippen LogP) is 3.69. The Morgan fingerprint density at radius 1 is 1.37 bits per heavy atom. The van der Waals surface area contributed by atoms with E-state index in [1.807, 2.05) is 0 Å². The van der Waals surface area contributed by atoms with Gasteiger partial charge in [0.1, 0.15) is 5.82 Å². The summed E-state index contributed by atoms with van der Waals surface area (Å²) in [6.45, 7) is 0. The van der Waals surface area contributed by atoms with Gasteiger partial charge in [0.25, 0.3) is 0 Å². The van der Waals surface area contributed by atoms with Crippen LogP contribution in [0, 0.1) is 5.82 Å². The first-order valence-electron chi connectivity index (χ1n) is 6.44. The zero-order chi connectivity index (χ0) is 13.8. The molecule has 5 heteroatoms. The molecule has 2 nitrogen and oxygen atoms in total. The van der Waals surface area contributed by atoms with Gasteiger partial charge in [-0.05, 0) is 25.0 Å². The largest absolute Gasteiger partial charge is 0.352 e. The van der Waals surface area contributed by atoms with Crippen LogP contribution >= 0.6 is 23.2 Å². The van der Waals surface area contributed by atoms with Gasteiger partial charge in [-0.3, -0.25) is 4.79 Å². The van der Waals surface area contributed by atoms with E-state index in [1.165, 1.54) is 12.1 Å². The Morgan fingerprint density at radius 2 is 2.11 bits per heavy atom. The van der Waals surface area contributed by atoms with Crippen LogP contribution in [0.1, 0.15) is 31.2 Å². The van der Waals surface area contributed by atoms with Gasteiger partial charge in [0, 0.05) is 16.6 Å². The Labute approximate surface area is 122 Å². The lowest BCUT2D eigenvalue weighted by molar-refractivity contribution is -0.121. The van der Waals surface area contributed by atoms with Crippen LogP contribution in [-0.2, 0) is 11.2 Å². The van der Waals surface area contributed by atoms with E-state index in [2.05, 4.69) is 5.32 Å². The molecule has 1 aromatic rings. The predicted molar refractivity (Wildman–Crippen MR) is 75.2 cm³/mol. The van der Waals surface area contributed by atoms with Gasteiger partial charge >= 0.3 is 0 Å². The second-order valence-corrected chi connectivity index (χ2v) is 5.82. The van der Waals surface area contributed by atoms with Gasteiger partial charge < -0.3 is 5.32 Å². The third kappa shape index (κ3) is 3.83. The van der Waals surface area contributed by atoms with Gasteiger partial charge in [0.15, 0.2) is 0 Å². The lowest BCUT2D eigenvalue weighted by Gasteiger charge is -2.27. The first kappa shape index (κ1) is 14.6. The van der Waals surface area contributed by atoms with Crippen LogP contribution in [0.4, 0.5) is 4.39 Å². The SMILES string of the molecule is O=C(Cc1c(F)cccc1Cl)NC1CCCCC1Cl. The standard InChI is InChI=1S/C14H16Cl2FNO/c15-10-5-3-6-12(17)9(10)8-14(19)18-13-7-2-1-4-11(13)16/h3,5-6,11,13H,1-2,4,7-8H2,(H,18,19). The van der Waals surface area contributed by atoms with E-state index < -0.39 is 5.82 Å². The third-order valence-electron chi connectivity index (χ3n) is 3.43. The maximum Gasteiger partial charge on any atom is 0.224 e. The number of nitrogens with one attached hydrogen (secondary N) is 1. The zero-order valence-electron chi connectivity index (χ0n) is 10.5. The molecule has 1 N–H and O–H groups in total. The lowest BCUT2D eigenvalue weighted by atomic mass is 9.94. The quantitative estimate of drug-likeness (QED) is 0.848. The molecule has 1 saturated carbocycles. The fraction of sp³-hybridized carbons (Fsp3) is 0.500. The summed E-state index contributed by atoms with van der Waals surface area (Å²) in [6, 6.07) is 4.39. The molecule has 0 aromatic heterocycles. The molecule has 0 spiro atoms. The molecular weight excluding hydrogens is 288 g/mol. The Hall–Kier alpha value is -0.800. The number of carbonyl (C=O) groups is 1. The molecule has 2 rings (SSSR count). The zero-order valence-corrected chi connectivity index (χ0v) is 12.0. The van der Waals surface area contributed by atoms with Gasteiger partial charge in [-0.25, -0.2) is 4.39 Å². The summed E-state index contributed by atoms with van der Waals surface area (Å²) in [4.78, 5) is 11.9. The molecule has 0 saturated heterocycles. The highest BCUT2D eigenvalue weighted by Gasteiger charge is 2.25. The number of halogens is 3. The number of hydrogen-bond donors (Lipinski definition) is 1. The molecule has 104 valence electrons. The molecule has 1 amide bonds. The Morgan fingerprint density at radius 3 is 2.79 bits per heavy atom. The molecule has 0 heterocycles. The lowest BCUT2D eigenvalue weighted by Crippen LogP contribution is -2.43. The van der Waals surface area contributed by atoms with Gasteiger partial charge in [-0.15, -0.1) is 11.6 Å². The van der Waals surface area contributed by atoms with Gasteiger partial charge in [0.05, 0.1) is 11.8 Å². The second kappa shape index (κ2) is 6.58. The van der Waals surface area contributed by atoms with Crippen molar-refractivity contribution >= 4 is 29.1 Å². The van der Waals surface area contributed by atoms with E-state index in [0.29, 0.717) is 0 Å². The second-order valence-electron chi connectivity index (χ2n) is 4.85. The number of amides is 1. The Balaban J connectivity index is 1.97. The minimum absolute atomic E-state index is 0.0199. The fourth-order valence-corrected chi connectivity index (χ4v) is 2.94. The van der Waals surface area contributed by atoms with Crippen molar-refractivity contribution in [2.45, 2.75) is 43.5 Å². The van der Waals surface area contributed by atoms with Crippen LogP contribution in [0.5, 0.6) is 0 Å². The van der Waals surface area contributed by atoms with E-state index >= 15 is 0 Å². The first-order valence-corrected chi connectivity index (χ1v) is 7.25. The molecule has 1 aliphatic rings. The molecule has 19 heavy (non-hydrogen) atoms. The minimum Gasteiger partial charge on any atom is -0.352 e. The molecule has 2 unspecified atom stereocenters. The van der Waals surface area contributed by atoms with Crippen LogP contribution < -0.4 is 5.32 Å². The average Bonchev–Trinajstić information content (AvgIpc) is 2.37. The summed E-state index contributed by atoms with van der Waals surface area (Å²) < 4.78 is 13.6. The van der Waals surface area contributed by atoms with Crippen molar-refractivity contribution in [3.8, 4) is 0 Å². The molecule has 1 aliphatic carbocycles. The number of hydrogen-bond acceptors (Lipinski definition) is 1. The molecule has 2 atom stereocenters. The van der Waals surface area contributed by atoms with Gasteiger partial charge in [-0.1, -0.05) is 30.5 Å². The maximum absolute atomic E-state index is 13.6. The summed E-state index contributed by atoms with van der Waals surface area (Å²) in [7, 11) is 0. The van der Waals surface area contributed by atoms with Crippen molar-refractivity contribution in [1.82, 2.24) is 5.32 Å². The third-order valence-corrected chi connectivity index (χ3v) is 4.30. The summed E-state index contributed by atoms with van der Waals surface area (Å²) >= 11 is 12.1. The Kier molecular flexibility index (Phi) is 5.06.